The van der Waals surface area contributed by atoms with Crippen LogP contribution in [0.25, 0.3) is 0 Å². The minimum atomic E-state index is 0.00938. The number of alkyl halides is 1. The van der Waals surface area contributed by atoms with E-state index in [-0.39, 0.29) is 11.8 Å². The minimum Gasteiger partial charge on any atom is -0.352 e. The zero-order valence-corrected chi connectivity index (χ0v) is 12.1. The number of nitrogens with one attached hydrogen (secondary N) is 1. The smallest absolute Gasteiger partial charge is 0.234 e. The Labute approximate surface area is 116 Å². The Hall–Kier alpha value is -0.880. The lowest BCUT2D eigenvalue weighted by molar-refractivity contribution is -0.132. The molecule has 0 saturated carbocycles. The Bertz CT molecular complexity index is 302. The molecule has 1 rings (SSSR count). The van der Waals surface area contributed by atoms with Crippen molar-refractivity contribution >= 4 is 27.7 Å². The van der Waals surface area contributed by atoms with Gasteiger partial charge in [-0.25, -0.2) is 0 Å². The van der Waals surface area contributed by atoms with E-state index in [9.17, 15) is 9.59 Å². The summed E-state index contributed by atoms with van der Waals surface area (Å²) in [5.41, 5.74) is 0. The summed E-state index contributed by atoms with van der Waals surface area (Å²) in [5, 5.41) is 3.45. The Balaban J connectivity index is 2.24. The lowest BCUT2D eigenvalue weighted by Gasteiger charge is -2.34. The maximum atomic E-state index is 11.7. The van der Waals surface area contributed by atoms with E-state index < -0.39 is 0 Å². The fourth-order valence-electron chi connectivity index (χ4n) is 1.84. The quantitative estimate of drug-likeness (QED) is 0.563. The first-order chi connectivity index (χ1) is 8.67. The molecule has 0 aromatic heterocycles. The topological polar surface area (TPSA) is 52.7 Å². The zero-order chi connectivity index (χ0) is 13.4. The molecule has 6 heteroatoms. The fraction of sp³-hybridized carbons (Fsp3) is 0.667. The second-order valence-corrected chi connectivity index (χ2v) is 4.98. The van der Waals surface area contributed by atoms with Crippen molar-refractivity contribution in [3.63, 3.8) is 0 Å². The van der Waals surface area contributed by atoms with Crippen LogP contribution in [0.15, 0.2) is 12.7 Å². The Kier molecular flexibility index (Phi) is 6.97. The van der Waals surface area contributed by atoms with Crippen LogP contribution in [0.2, 0.25) is 0 Å². The van der Waals surface area contributed by atoms with Gasteiger partial charge in [0, 0.05) is 44.5 Å². The van der Waals surface area contributed by atoms with Crippen molar-refractivity contribution in [2.24, 2.45) is 0 Å². The molecule has 18 heavy (non-hydrogen) atoms. The van der Waals surface area contributed by atoms with Crippen LogP contribution in [0, 0.1) is 0 Å². The van der Waals surface area contributed by atoms with Crippen molar-refractivity contribution in [2.75, 3.05) is 44.6 Å². The van der Waals surface area contributed by atoms with E-state index in [2.05, 4.69) is 32.7 Å². The molecule has 0 bridgehead atoms. The number of rotatable bonds is 6. The van der Waals surface area contributed by atoms with Gasteiger partial charge in [0.1, 0.15) is 0 Å². The highest BCUT2D eigenvalue weighted by Crippen LogP contribution is 2.04. The molecule has 1 aliphatic heterocycles. The number of piperazine rings is 1. The highest BCUT2D eigenvalue weighted by Gasteiger charge is 2.21. The first-order valence-electron chi connectivity index (χ1n) is 6.11. The van der Waals surface area contributed by atoms with E-state index in [4.69, 9.17) is 0 Å². The first kappa shape index (κ1) is 15.2. The molecule has 0 radical (unpaired) electrons. The van der Waals surface area contributed by atoms with Gasteiger partial charge in [-0.15, -0.1) is 6.58 Å². The second kappa shape index (κ2) is 8.26. The predicted octanol–water partition coefficient (Wildman–Crippen LogP) is 0.218. The van der Waals surface area contributed by atoms with E-state index in [1.54, 1.807) is 6.08 Å². The van der Waals surface area contributed by atoms with Crippen molar-refractivity contribution in [2.45, 2.75) is 6.42 Å². The molecule has 0 atom stereocenters. The van der Waals surface area contributed by atoms with Gasteiger partial charge in [-0.05, 0) is 0 Å². The van der Waals surface area contributed by atoms with Crippen molar-refractivity contribution in [1.82, 2.24) is 15.1 Å². The first-order valence-corrected chi connectivity index (χ1v) is 7.23. The lowest BCUT2D eigenvalue weighted by Crippen LogP contribution is -2.51. The third-order valence-corrected chi connectivity index (χ3v) is 3.24. The molecule has 0 aromatic carbocycles. The van der Waals surface area contributed by atoms with Crippen LogP contribution < -0.4 is 5.32 Å². The summed E-state index contributed by atoms with van der Waals surface area (Å²) in [7, 11) is 0. The largest absolute Gasteiger partial charge is 0.352 e. The van der Waals surface area contributed by atoms with Gasteiger partial charge in [-0.1, -0.05) is 22.0 Å². The molecule has 1 fully saturated rings. The van der Waals surface area contributed by atoms with Crippen molar-refractivity contribution in [1.29, 1.82) is 0 Å². The Morgan fingerprint density at radius 3 is 2.50 bits per heavy atom. The molecule has 0 aliphatic carbocycles. The highest BCUT2D eigenvalue weighted by molar-refractivity contribution is 9.09. The van der Waals surface area contributed by atoms with E-state index in [1.165, 1.54) is 0 Å². The van der Waals surface area contributed by atoms with E-state index >= 15 is 0 Å². The normalized spacial score (nSPS) is 16.4. The zero-order valence-electron chi connectivity index (χ0n) is 10.5. The SMILES string of the molecule is C=CCNC(=O)CN1CCN(C(=O)CCBr)CC1. The standard InChI is InChI=1S/C12H20BrN3O2/c1-2-5-14-11(17)10-15-6-8-16(9-7-15)12(18)3-4-13/h2H,1,3-10H2,(H,14,17). The van der Waals surface area contributed by atoms with Gasteiger partial charge in [0.2, 0.25) is 11.8 Å². The number of hydrogen-bond acceptors (Lipinski definition) is 3. The van der Waals surface area contributed by atoms with Crippen LogP contribution in [0.1, 0.15) is 6.42 Å². The number of halogens is 1. The predicted molar refractivity (Wildman–Crippen MR) is 74.6 cm³/mol. The van der Waals surface area contributed by atoms with Crippen LogP contribution in [-0.4, -0.2) is 66.2 Å². The molecule has 1 N–H and O–H groups in total. The molecular weight excluding hydrogens is 298 g/mol. The van der Waals surface area contributed by atoms with Gasteiger partial charge in [-0.3, -0.25) is 14.5 Å². The summed E-state index contributed by atoms with van der Waals surface area (Å²) in [6.07, 6.45) is 2.20. The Morgan fingerprint density at radius 1 is 1.28 bits per heavy atom. The van der Waals surface area contributed by atoms with Crippen LogP contribution in [0.3, 0.4) is 0 Å². The molecule has 1 saturated heterocycles. The lowest BCUT2D eigenvalue weighted by atomic mass is 10.3. The van der Waals surface area contributed by atoms with Gasteiger partial charge in [0.15, 0.2) is 0 Å². The number of carbonyl (C=O) groups is 2. The molecule has 0 unspecified atom stereocenters. The molecule has 1 heterocycles. The van der Waals surface area contributed by atoms with Crippen molar-refractivity contribution < 1.29 is 9.59 Å². The molecule has 102 valence electrons. The summed E-state index contributed by atoms with van der Waals surface area (Å²) in [6.45, 7) is 7.39. The van der Waals surface area contributed by atoms with Gasteiger partial charge >= 0.3 is 0 Å². The summed E-state index contributed by atoms with van der Waals surface area (Å²) >= 11 is 3.27. The van der Waals surface area contributed by atoms with Crippen LogP contribution in [-0.2, 0) is 9.59 Å². The number of nitrogens with zero attached hydrogens (tertiary/aromatic N) is 2. The molecular formula is C12H20BrN3O2. The molecule has 5 nitrogen and oxygen atoms in total. The highest BCUT2D eigenvalue weighted by atomic mass is 79.9. The van der Waals surface area contributed by atoms with Gasteiger partial charge < -0.3 is 10.2 Å². The van der Waals surface area contributed by atoms with E-state index in [0.717, 1.165) is 13.1 Å². The summed E-state index contributed by atoms with van der Waals surface area (Å²) < 4.78 is 0. The molecule has 2 amide bonds. The average molecular weight is 318 g/mol. The fourth-order valence-corrected chi connectivity index (χ4v) is 2.18. The average Bonchev–Trinajstić information content (AvgIpc) is 2.37. The Morgan fingerprint density at radius 2 is 1.94 bits per heavy atom. The van der Waals surface area contributed by atoms with Crippen molar-refractivity contribution in [3.8, 4) is 0 Å². The second-order valence-electron chi connectivity index (χ2n) is 4.19. The summed E-state index contributed by atoms with van der Waals surface area (Å²) in [5.74, 6) is 0.192. The third-order valence-electron chi connectivity index (χ3n) is 2.84. The minimum absolute atomic E-state index is 0.00938. The molecule has 0 spiro atoms. The number of carbonyl (C=O) groups excluding carboxylic acids is 2. The molecule has 0 aromatic rings. The van der Waals surface area contributed by atoms with Crippen molar-refractivity contribution in [3.05, 3.63) is 12.7 Å². The maximum Gasteiger partial charge on any atom is 0.234 e. The van der Waals surface area contributed by atoms with Crippen LogP contribution in [0.4, 0.5) is 0 Å². The number of amides is 2. The summed E-state index contributed by atoms with van der Waals surface area (Å²) in [6, 6.07) is 0. The van der Waals surface area contributed by atoms with Gasteiger partial charge in [0.05, 0.1) is 6.54 Å². The third kappa shape index (κ3) is 5.18. The number of hydrogen-bond donors (Lipinski definition) is 1. The monoisotopic (exact) mass is 317 g/mol. The van der Waals surface area contributed by atoms with Gasteiger partial charge in [-0.2, -0.15) is 0 Å². The summed E-state index contributed by atoms with van der Waals surface area (Å²) in [4.78, 5) is 27.1. The van der Waals surface area contributed by atoms with Crippen LogP contribution in [0.5, 0.6) is 0 Å². The van der Waals surface area contributed by atoms with Crippen LogP contribution >= 0.6 is 15.9 Å². The molecule has 1 aliphatic rings. The maximum absolute atomic E-state index is 11.7. The van der Waals surface area contributed by atoms with Gasteiger partial charge in [0.25, 0.3) is 0 Å². The van der Waals surface area contributed by atoms with E-state index in [1.807, 2.05) is 4.90 Å². The van der Waals surface area contributed by atoms with E-state index in [0.29, 0.717) is 37.9 Å².